The third-order valence-electron chi connectivity index (χ3n) is 5.77. The van der Waals surface area contributed by atoms with Crippen LogP contribution in [-0.4, -0.2) is 30.1 Å². The normalized spacial score (nSPS) is 19.9. The fourth-order valence-electron chi connectivity index (χ4n) is 4.04. The second-order valence-electron chi connectivity index (χ2n) is 7.79. The monoisotopic (exact) mass is 404 g/mol. The predicted molar refractivity (Wildman–Crippen MR) is 112 cm³/mol. The molecule has 3 aliphatic rings. The van der Waals surface area contributed by atoms with Gasteiger partial charge >= 0.3 is 0 Å². The van der Waals surface area contributed by atoms with E-state index in [0.717, 1.165) is 23.4 Å². The van der Waals surface area contributed by atoms with E-state index in [-0.39, 0.29) is 12.5 Å². The first-order valence-corrected chi connectivity index (χ1v) is 10.9. The average molecular weight is 404 g/mol. The molecule has 1 amide bonds. The van der Waals surface area contributed by atoms with Crippen molar-refractivity contribution in [3.8, 4) is 22.8 Å². The molecule has 1 unspecified atom stereocenters. The van der Waals surface area contributed by atoms with Crippen LogP contribution in [0.25, 0.3) is 11.3 Å². The zero-order valence-electron chi connectivity index (χ0n) is 15.8. The average Bonchev–Trinajstić information content (AvgIpc) is 3.34. The summed E-state index contributed by atoms with van der Waals surface area (Å²) in [4.78, 5) is 19.8. The molecule has 3 aromatic rings. The molecule has 1 saturated carbocycles. The number of thiazole rings is 1. The van der Waals surface area contributed by atoms with Crippen LogP contribution in [0.2, 0.25) is 0 Å². The molecule has 0 saturated heterocycles. The Morgan fingerprint density at radius 1 is 1.14 bits per heavy atom. The van der Waals surface area contributed by atoms with E-state index in [9.17, 15) is 4.79 Å². The Balaban J connectivity index is 1.23. The van der Waals surface area contributed by atoms with Crippen LogP contribution in [0, 0.1) is 0 Å². The molecule has 0 N–H and O–H groups in total. The molecular formula is C23H20N2O3S. The van der Waals surface area contributed by atoms with Crippen LogP contribution in [0.5, 0.6) is 11.5 Å². The predicted octanol–water partition coefficient (Wildman–Crippen LogP) is 4.42. The van der Waals surface area contributed by atoms with E-state index in [4.69, 9.17) is 14.5 Å². The molecular weight excluding hydrogens is 384 g/mol. The summed E-state index contributed by atoms with van der Waals surface area (Å²) in [6, 6.07) is 13.8. The lowest BCUT2D eigenvalue weighted by Gasteiger charge is -2.29. The van der Waals surface area contributed by atoms with E-state index >= 15 is 0 Å². The number of ether oxygens (including phenoxy) is 2. The second kappa shape index (κ2) is 6.59. The van der Waals surface area contributed by atoms with Crippen LogP contribution in [0.4, 0.5) is 5.69 Å². The van der Waals surface area contributed by atoms with E-state index in [2.05, 4.69) is 17.5 Å². The maximum absolute atomic E-state index is 13.1. The molecule has 29 heavy (non-hydrogen) atoms. The van der Waals surface area contributed by atoms with Gasteiger partial charge in [0.15, 0.2) is 11.5 Å². The van der Waals surface area contributed by atoms with Gasteiger partial charge in [-0.15, -0.1) is 11.3 Å². The maximum atomic E-state index is 13.1. The summed E-state index contributed by atoms with van der Waals surface area (Å²) in [5, 5.41) is 3.41. The van der Waals surface area contributed by atoms with Gasteiger partial charge in [-0.25, -0.2) is 4.98 Å². The van der Waals surface area contributed by atoms with Crippen LogP contribution in [-0.2, 0) is 11.2 Å². The molecule has 6 heteroatoms. The summed E-state index contributed by atoms with van der Waals surface area (Å²) in [5.74, 6) is 1.95. The first-order valence-electron chi connectivity index (χ1n) is 10.0. The lowest BCUT2D eigenvalue weighted by molar-refractivity contribution is -0.127. The Bertz CT molecular complexity index is 1110. The molecule has 1 atom stereocenters. The van der Waals surface area contributed by atoms with Crippen LogP contribution in [0.3, 0.4) is 0 Å². The molecule has 5 nitrogen and oxygen atoms in total. The van der Waals surface area contributed by atoms with Gasteiger partial charge in [-0.05, 0) is 49.1 Å². The fraction of sp³-hybridized carbons (Fsp3) is 0.304. The number of aromatic nitrogens is 1. The number of carbonyl (C=O) groups excluding carboxylic acids is 1. The highest BCUT2D eigenvalue weighted by atomic mass is 32.1. The molecule has 2 aliphatic heterocycles. The Hall–Kier alpha value is -2.86. The standard InChI is InChI=1S/C23H20N2O3S/c26-23(21-12-27-19-3-1-2-4-20(19)28-21)25-10-9-16-11-15(7-8-18(16)25)17-13-29-22(24-17)14-5-6-14/h1-4,7-8,11,13-14,21H,5-6,9-10,12H2. The number of carbonyl (C=O) groups is 1. The molecule has 1 aromatic heterocycles. The molecule has 1 aliphatic carbocycles. The number of rotatable bonds is 3. The molecule has 0 spiro atoms. The quantitative estimate of drug-likeness (QED) is 0.649. The largest absolute Gasteiger partial charge is 0.485 e. The Kier molecular flexibility index (Phi) is 3.87. The number of amides is 1. The SMILES string of the molecule is O=C(C1COc2ccccc2O1)N1CCc2cc(-c3csc(C4CC4)n3)ccc21. The third kappa shape index (κ3) is 2.99. The minimum absolute atomic E-state index is 0.0457. The van der Waals surface area contributed by atoms with E-state index in [1.54, 1.807) is 11.3 Å². The molecule has 1 fully saturated rings. The van der Waals surface area contributed by atoms with Gasteiger partial charge in [0.2, 0.25) is 6.10 Å². The Morgan fingerprint density at radius 3 is 2.86 bits per heavy atom. The van der Waals surface area contributed by atoms with E-state index in [1.807, 2.05) is 35.2 Å². The summed E-state index contributed by atoms with van der Waals surface area (Å²) in [5.41, 5.74) is 4.34. The van der Waals surface area contributed by atoms with Gasteiger partial charge in [-0.2, -0.15) is 0 Å². The lowest BCUT2D eigenvalue weighted by atomic mass is 10.1. The number of nitrogens with zero attached hydrogens (tertiary/aromatic N) is 2. The summed E-state index contributed by atoms with van der Waals surface area (Å²) in [6.45, 7) is 0.909. The zero-order chi connectivity index (χ0) is 19.4. The Labute approximate surface area is 172 Å². The molecule has 6 rings (SSSR count). The van der Waals surface area contributed by atoms with Gasteiger partial charge in [0.05, 0.1) is 10.7 Å². The highest BCUT2D eigenvalue weighted by Crippen LogP contribution is 2.43. The zero-order valence-corrected chi connectivity index (χ0v) is 16.7. The Morgan fingerprint density at radius 2 is 2.00 bits per heavy atom. The second-order valence-corrected chi connectivity index (χ2v) is 8.68. The third-order valence-corrected chi connectivity index (χ3v) is 6.78. The van der Waals surface area contributed by atoms with Gasteiger partial charge in [0, 0.05) is 29.1 Å². The van der Waals surface area contributed by atoms with Gasteiger partial charge in [0.1, 0.15) is 6.61 Å². The summed E-state index contributed by atoms with van der Waals surface area (Å²) < 4.78 is 11.6. The van der Waals surface area contributed by atoms with Crippen molar-refractivity contribution in [2.24, 2.45) is 0 Å². The molecule has 0 radical (unpaired) electrons. The summed E-state index contributed by atoms with van der Waals surface area (Å²) in [7, 11) is 0. The molecule has 2 aromatic carbocycles. The molecule has 0 bridgehead atoms. The maximum Gasteiger partial charge on any atom is 0.271 e. The number of hydrogen-bond donors (Lipinski definition) is 0. The highest BCUT2D eigenvalue weighted by molar-refractivity contribution is 7.10. The van der Waals surface area contributed by atoms with Crippen LogP contribution < -0.4 is 14.4 Å². The van der Waals surface area contributed by atoms with Crippen LogP contribution >= 0.6 is 11.3 Å². The first-order chi connectivity index (χ1) is 14.3. The van der Waals surface area contributed by atoms with Crippen molar-refractivity contribution in [1.29, 1.82) is 0 Å². The van der Waals surface area contributed by atoms with Crippen LogP contribution in [0.1, 0.15) is 29.3 Å². The highest BCUT2D eigenvalue weighted by Gasteiger charge is 2.35. The summed E-state index contributed by atoms with van der Waals surface area (Å²) >= 11 is 1.76. The van der Waals surface area contributed by atoms with Gasteiger partial charge in [-0.3, -0.25) is 4.79 Å². The van der Waals surface area contributed by atoms with Crippen molar-refractivity contribution in [2.75, 3.05) is 18.1 Å². The van der Waals surface area contributed by atoms with Crippen molar-refractivity contribution < 1.29 is 14.3 Å². The minimum atomic E-state index is -0.616. The van der Waals surface area contributed by atoms with Crippen molar-refractivity contribution in [3.63, 3.8) is 0 Å². The number of fused-ring (bicyclic) bond motifs is 2. The van der Waals surface area contributed by atoms with E-state index in [1.165, 1.54) is 23.4 Å². The van der Waals surface area contributed by atoms with Crippen molar-refractivity contribution >= 4 is 22.9 Å². The van der Waals surface area contributed by atoms with Gasteiger partial charge in [0.25, 0.3) is 5.91 Å². The molecule has 3 heterocycles. The van der Waals surface area contributed by atoms with Gasteiger partial charge in [-0.1, -0.05) is 18.2 Å². The topological polar surface area (TPSA) is 51.7 Å². The minimum Gasteiger partial charge on any atom is -0.485 e. The summed E-state index contributed by atoms with van der Waals surface area (Å²) in [6.07, 6.45) is 2.77. The first kappa shape index (κ1) is 17.0. The van der Waals surface area contributed by atoms with Gasteiger partial charge < -0.3 is 14.4 Å². The van der Waals surface area contributed by atoms with Crippen LogP contribution in [0.15, 0.2) is 47.8 Å². The number of anilines is 1. The fourth-order valence-corrected chi connectivity index (χ4v) is 5.04. The smallest absolute Gasteiger partial charge is 0.271 e. The molecule has 146 valence electrons. The van der Waals surface area contributed by atoms with Crippen molar-refractivity contribution in [3.05, 3.63) is 58.4 Å². The van der Waals surface area contributed by atoms with E-state index in [0.29, 0.717) is 24.0 Å². The van der Waals surface area contributed by atoms with Crippen molar-refractivity contribution in [1.82, 2.24) is 4.98 Å². The lowest BCUT2D eigenvalue weighted by Crippen LogP contribution is -2.46. The number of para-hydroxylation sites is 2. The number of benzene rings is 2. The van der Waals surface area contributed by atoms with Crippen molar-refractivity contribution in [2.45, 2.75) is 31.3 Å². The van der Waals surface area contributed by atoms with E-state index < -0.39 is 6.10 Å². The number of hydrogen-bond acceptors (Lipinski definition) is 5.